The normalized spacial score (nSPS) is 16.1. The van der Waals surface area contributed by atoms with E-state index in [1.165, 1.54) is 61.8 Å². The Bertz CT molecular complexity index is 640. The number of piperidine rings is 1. The van der Waals surface area contributed by atoms with Gasteiger partial charge in [0, 0.05) is 43.3 Å². The van der Waals surface area contributed by atoms with E-state index >= 15 is 0 Å². The molecule has 1 aromatic heterocycles. The molecule has 3 rings (SSSR count). The lowest BCUT2D eigenvalue weighted by Gasteiger charge is -2.26. The van der Waals surface area contributed by atoms with Crippen LogP contribution >= 0.6 is 0 Å². The van der Waals surface area contributed by atoms with Gasteiger partial charge >= 0.3 is 0 Å². The maximum atomic E-state index is 3.67. The van der Waals surface area contributed by atoms with E-state index in [1.807, 2.05) is 0 Å². The van der Waals surface area contributed by atoms with Crippen LogP contribution in [0.3, 0.4) is 0 Å². The summed E-state index contributed by atoms with van der Waals surface area (Å²) in [5, 5.41) is 5.07. The molecule has 2 aromatic rings. The molecule has 0 saturated carbocycles. The molecule has 1 saturated heterocycles. The van der Waals surface area contributed by atoms with Gasteiger partial charge in [-0.3, -0.25) is 0 Å². The molecule has 138 valence electrons. The number of hydrogen-bond donors (Lipinski definition) is 1. The van der Waals surface area contributed by atoms with Gasteiger partial charge in [-0.05, 0) is 64.6 Å². The van der Waals surface area contributed by atoms with E-state index in [0.29, 0.717) is 0 Å². The van der Waals surface area contributed by atoms with Crippen LogP contribution in [0.5, 0.6) is 0 Å². The molecule has 2 heterocycles. The Morgan fingerprint density at radius 3 is 2.64 bits per heavy atom. The van der Waals surface area contributed by atoms with Gasteiger partial charge in [0.25, 0.3) is 0 Å². The second-order valence-corrected chi connectivity index (χ2v) is 7.60. The van der Waals surface area contributed by atoms with Crippen LogP contribution < -0.4 is 5.32 Å². The molecule has 0 atom stereocenters. The number of aromatic nitrogens is 1. The fourth-order valence-electron chi connectivity index (χ4n) is 3.85. The van der Waals surface area contributed by atoms with E-state index in [2.05, 4.69) is 64.2 Å². The Morgan fingerprint density at radius 1 is 1.04 bits per heavy atom. The average Bonchev–Trinajstić information content (AvgIpc) is 2.98. The third-order valence-electron chi connectivity index (χ3n) is 5.24. The minimum absolute atomic E-state index is 0.967. The van der Waals surface area contributed by atoms with E-state index in [-0.39, 0.29) is 0 Å². The smallest absolute Gasteiger partial charge is 0.0483 e. The van der Waals surface area contributed by atoms with Crippen molar-refractivity contribution in [1.82, 2.24) is 19.7 Å². The molecule has 1 aliphatic rings. The van der Waals surface area contributed by atoms with Crippen molar-refractivity contribution in [2.45, 2.75) is 38.8 Å². The molecular formula is C21H34N4. The lowest BCUT2D eigenvalue weighted by molar-refractivity contribution is 0.229. The summed E-state index contributed by atoms with van der Waals surface area (Å²) in [6, 6.07) is 8.82. The maximum Gasteiger partial charge on any atom is 0.0483 e. The molecule has 0 amide bonds. The SMILES string of the molecule is CN(C)CCCn1cc(CNCCN2CCCCC2)c2ccccc21. The average molecular weight is 343 g/mol. The van der Waals surface area contributed by atoms with Gasteiger partial charge in [0.05, 0.1) is 0 Å². The highest BCUT2D eigenvalue weighted by Crippen LogP contribution is 2.21. The van der Waals surface area contributed by atoms with Gasteiger partial charge in [-0.25, -0.2) is 0 Å². The number of nitrogens with zero attached hydrogens (tertiary/aromatic N) is 3. The number of para-hydroxylation sites is 1. The quantitative estimate of drug-likeness (QED) is 0.708. The van der Waals surface area contributed by atoms with Gasteiger partial charge in [-0.2, -0.15) is 0 Å². The second-order valence-electron chi connectivity index (χ2n) is 7.60. The molecule has 0 aliphatic carbocycles. The van der Waals surface area contributed by atoms with Crippen molar-refractivity contribution in [3.63, 3.8) is 0 Å². The largest absolute Gasteiger partial charge is 0.347 e. The first kappa shape index (κ1) is 18.4. The molecule has 0 unspecified atom stereocenters. The predicted octanol–water partition coefficient (Wildman–Crippen LogP) is 3.17. The zero-order valence-electron chi connectivity index (χ0n) is 16.0. The Labute approximate surface area is 152 Å². The molecule has 0 bridgehead atoms. The number of nitrogens with one attached hydrogen (secondary N) is 1. The Kier molecular flexibility index (Phi) is 6.91. The second kappa shape index (κ2) is 9.37. The van der Waals surface area contributed by atoms with Crippen LogP contribution in [0.25, 0.3) is 10.9 Å². The van der Waals surface area contributed by atoms with Crippen molar-refractivity contribution in [1.29, 1.82) is 0 Å². The highest BCUT2D eigenvalue weighted by Gasteiger charge is 2.10. The van der Waals surface area contributed by atoms with Gasteiger partial charge in [0.2, 0.25) is 0 Å². The maximum absolute atomic E-state index is 3.67. The number of likely N-dealkylation sites (tertiary alicyclic amines) is 1. The molecular weight excluding hydrogens is 308 g/mol. The lowest BCUT2D eigenvalue weighted by atomic mass is 10.1. The topological polar surface area (TPSA) is 23.4 Å². The van der Waals surface area contributed by atoms with Crippen molar-refractivity contribution in [2.24, 2.45) is 0 Å². The summed E-state index contributed by atoms with van der Waals surface area (Å²) in [4.78, 5) is 4.86. The van der Waals surface area contributed by atoms with E-state index in [1.54, 1.807) is 0 Å². The Hall–Kier alpha value is -1.36. The number of benzene rings is 1. The van der Waals surface area contributed by atoms with Crippen LogP contribution in [-0.4, -0.2) is 61.2 Å². The van der Waals surface area contributed by atoms with Crippen molar-refractivity contribution < 1.29 is 0 Å². The van der Waals surface area contributed by atoms with Crippen molar-refractivity contribution in [3.05, 3.63) is 36.0 Å². The molecule has 4 nitrogen and oxygen atoms in total. The molecule has 0 spiro atoms. The highest BCUT2D eigenvalue weighted by molar-refractivity contribution is 5.83. The van der Waals surface area contributed by atoms with Gasteiger partial charge in [0.1, 0.15) is 0 Å². The summed E-state index contributed by atoms with van der Waals surface area (Å²) in [5.41, 5.74) is 2.80. The standard InChI is InChI=1S/C21H34N4/c1-23(2)12-8-15-25-18-19(20-9-4-5-10-21(20)25)17-22-11-16-24-13-6-3-7-14-24/h4-5,9-10,18,22H,3,6-8,11-17H2,1-2H3. The predicted molar refractivity (Wildman–Crippen MR) is 107 cm³/mol. The number of hydrogen-bond acceptors (Lipinski definition) is 3. The summed E-state index contributed by atoms with van der Waals surface area (Å²) in [7, 11) is 4.29. The van der Waals surface area contributed by atoms with E-state index in [4.69, 9.17) is 0 Å². The molecule has 0 radical (unpaired) electrons. The fraction of sp³-hybridized carbons (Fsp3) is 0.619. The first-order valence-electron chi connectivity index (χ1n) is 9.88. The fourth-order valence-corrected chi connectivity index (χ4v) is 3.85. The third kappa shape index (κ3) is 5.30. The van der Waals surface area contributed by atoms with Crippen LogP contribution in [0.1, 0.15) is 31.2 Å². The van der Waals surface area contributed by atoms with Gasteiger partial charge < -0.3 is 19.7 Å². The first-order chi connectivity index (χ1) is 12.2. The minimum atomic E-state index is 0.967. The Balaban J connectivity index is 1.55. The van der Waals surface area contributed by atoms with Crippen LogP contribution in [0.2, 0.25) is 0 Å². The molecule has 4 heteroatoms. The zero-order chi connectivity index (χ0) is 17.5. The molecule has 1 aliphatic heterocycles. The monoisotopic (exact) mass is 342 g/mol. The molecule has 25 heavy (non-hydrogen) atoms. The summed E-state index contributed by atoms with van der Waals surface area (Å²) >= 11 is 0. The first-order valence-corrected chi connectivity index (χ1v) is 9.88. The van der Waals surface area contributed by atoms with Gasteiger partial charge in [0.15, 0.2) is 0 Å². The van der Waals surface area contributed by atoms with Crippen LogP contribution in [0, 0.1) is 0 Å². The van der Waals surface area contributed by atoms with E-state index < -0.39 is 0 Å². The number of aryl methyl sites for hydroxylation is 1. The minimum Gasteiger partial charge on any atom is -0.347 e. The zero-order valence-corrected chi connectivity index (χ0v) is 16.0. The molecule has 1 N–H and O–H groups in total. The van der Waals surface area contributed by atoms with Crippen LogP contribution in [-0.2, 0) is 13.1 Å². The number of rotatable bonds is 9. The van der Waals surface area contributed by atoms with Gasteiger partial charge in [-0.15, -0.1) is 0 Å². The van der Waals surface area contributed by atoms with Crippen molar-refractivity contribution in [2.75, 3.05) is 46.8 Å². The summed E-state index contributed by atoms with van der Waals surface area (Å²) in [5.74, 6) is 0. The molecule has 1 aromatic carbocycles. The summed E-state index contributed by atoms with van der Waals surface area (Å²) < 4.78 is 2.43. The molecule has 1 fully saturated rings. The van der Waals surface area contributed by atoms with Crippen molar-refractivity contribution in [3.8, 4) is 0 Å². The Morgan fingerprint density at radius 2 is 1.84 bits per heavy atom. The lowest BCUT2D eigenvalue weighted by Crippen LogP contribution is -2.35. The van der Waals surface area contributed by atoms with Crippen LogP contribution in [0.4, 0.5) is 0 Å². The van der Waals surface area contributed by atoms with E-state index in [0.717, 1.165) is 26.2 Å². The summed E-state index contributed by atoms with van der Waals surface area (Å²) in [6.45, 7) is 8.03. The third-order valence-corrected chi connectivity index (χ3v) is 5.24. The highest BCUT2D eigenvalue weighted by atomic mass is 15.1. The number of fused-ring (bicyclic) bond motifs is 1. The van der Waals surface area contributed by atoms with E-state index in [9.17, 15) is 0 Å². The summed E-state index contributed by atoms with van der Waals surface area (Å²) in [6.07, 6.45) is 7.71. The van der Waals surface area contributed by atoms with Crippen molar-refractivity contribution >= 4 is 10.9 Å². The van der Waals surface area contributed by atoms with Gasteiger partial charge in [-0.1, -0.05) is 24.6 Å². The van der Waals surface area contributed by atoms with Crippen LogP contribution in [0.15, 0.2) is 30.5 Å².